The summed E-state index contributed by atoms with van der Waals surface area (Å²) in [5.74, 6) is -0.106. The van der Waals surface area contributed by atoms with Gasteiger partial charge in [-0.15, -0.1) is 11.3 Å². The summed E-state index contributed by atoms with van der Waals surface area (Å²) in [6.45, 7) is 6.22. The molecule has 2 saturated heterocycles. The van der Waals surface area contributed by atoms with Crippen LogP contribution in [-0.2, 0) is 14.8 Å². The van der Waals surface area contributed by atoms with Gasteiger partial charge in [0, 0.05) is 43.2 Å². The van der Waals surface area contributed by atoms with E-state index >= 15 is 0 Å². The minimum absolute atomic E-state index is 0.106. The van der Waals surface area contributed by atoms with Crippen molar-refractivity contribution in [2.75, 3.05) is 52.5 Å². The van der Waals surface area contributed by atoms with Crippen molar-refractivity contribution in [2.45, 2.75) is 23.5 Å². The normalized spacial score (nSPS) is 18.3. The molecule has 2 aromatic rings. The Morgan fingerprint density at radius 2 is 1.84 bits per heavy atom. The van der Waals surface area contributed by atoms with E-state index < -0.39 is 10.0 Å². The van der Waals surface area contributed by atoms with E-state index in [-0.39, 0.29) is 5.91 Å². The number of hydrogen-bond donors (Lipinski definition) is 1. The first-order chi connectivity index (χ1) is 15.0. The van der Waals surface area contributed by atoms with Crippen molar-refractivity contribution < 1.29 is 17.9 Å². The first-order valence-electron chi connectivity index (χ1n) is 10.8. The molecule has 1 aromatic carbocycles. The molecule has 0 aliphatic carbocycles. The molecule has 0 radical (unpaired) electrons. The zero-order chi connectivity index (χ0) is 21.7. The third-order valence-electron chi connectivity index (χ3n) is 5.69. The van der Waals surface area contributed by atoms with E-state index in [2.05, 4.69) is 10.2 Å². The number of carbonyl (C=O) groups excluding carboxylic acids is 1. The van der Waals surface area contributed by atoms with Crippen LogP contribution in [0.1, 0.15) is 29.6 Å². The van der Waals surface area contributed by atoms with Gasteiger partial charge in [0.15, 0.2) is 0 Å². The highest BCUT2D eigenvalue weighted by atomic mass is 32.2. The van der Waals surface area contributed by atoms with E-state index in [9.17, 15) is 13.2 Å². The topological polar surface area (TPSA) is 79.0 Å². The van der Waals surface area contributed by atoms with Gasteiger partial charge in [0.1, 0.15) is 4.21 Å². The lowest BCUT2D eigenvalue weighted by Crippen LogP contribution is -2.38. The first-order valence-corrected chi connectivity index (χ1v) is 13.1. The molecule has 168 valence electrons. The molecule has 7 nitrogen and oxygen atoms in total. The molecular weight excluding hydrogens is 434 g/mol. The summed E-state index contributed by atoms with van der Waals surface area (Å²) in [6.07, 6.45) is 2.73. The SMILES string of the molecule is O=C(NCCCN1CCOCC1)c1cccc(-c2ccc(S(=O)(=O)N3CCCC3)s2)c1. The fourth-order valence-corrected chi connectivity index (χ4v) is 6.89. The van der Waals surface area contributed by atoms with Gasteiger partial charge in [-0.2, -0.15) is 4.31 Å². The number of hydrogen-bond acceptors (Lipinski definition) is 6. The van der Waals surface area contributed by atoms with Crippen LogP contribution in [0.5, 0.6) is 0 Å². The molecule has 2 aliphatic heterocycles. The number of rotatable bonds is 8. The molecule has 0 unspecified atom stereocenters. The minimum atomic E-state index is -3.42. The van der Waals surface area contributed by atoms with Gasteiger partial charge in [0.05, 0.1) is 13.2 Å². The van der Waals surface area contributed by atoms with Crippen molar-refractivity contribution in [2.24, 2.45) is 0 Å². The van der Waals surface area contributed by atoms with Crippen LogP contribution >= 0.6 is 11.3 Å². The zero-order valence-electron chi connectivity index (χ0n) is 17.6. The first kappa shape index (κ1) is 22.4. The predicted octanol–water partition coefficient (Wildman–Crippen LogP) is 2.65. The second-order valence-electron chi connectivity index (χ2n) is 7.87. The molecule has 2 aliphatic rings. The van der Waals surface area contributed by atoms with Crippen LogP contribution < -0.4 is 5.32 Å². The van der Waals surface area contributed by atoms with Gasteiger partial charge < -0.3 is 10.1 Å². The Labute approximate surface area is 188 Å². The lowest BCUT2D eigenvalue weighted by Gasteiger charge is -2.26. The molecule has 1 amide bonds. The van der Waals surface area contributed by atoms with E-state index in [0.717, 1.165) is 62.6 Å². The monoisotopic (exact) mass is 463 g/mol. The molecule has 3 heterocycles. The maximum Gasteiger partial charge on any atom is 0.252 e. The summed E-state index contributed by atoms with van der Waals surface area (Å²) in [4.78, 5) is 15.8. The van der Waals surface area contributed by atoms with Crippen molar-refractivity contribution in [1.29, 1.82) is 0 Å². The van der Waals surface area contributed by atoms with Gasteiger partial charge >= 0.3 is 0 Å². The van der Waals surface area contributed by atoms with Crippen molar-refractivity contribution in [3.63, 3.8) is 0 Å². The maximum atomic E-state index is 12.8. The Hall–Kier alpha value is -1.78. The van der Waals surface area contributed by atoms with Gasteiger partial charge in [-0.05, 0) is 55.6 Å². The summed E-state index contributed by atoms with van der Waals surface area (Å²) < 4.78 is 32.8. The second-order valence-corrected chi connectivity index (χ2v) is 11.1. The van der Waals surface area contributed by atoms with Crippen LogP contribution in [0.25, 0.3) is 10.4 Å². The number of ether oxygens (including phenoxy) is 1. The molecule has 4 rings (SSSR count). The maximum absolute atomic E-state index is 12.8. The van der Waals surface area contributed by atoms with Crippen LogP contribution in [0.3, 0.4) is 0 Å². The molecule has 0 saturated carbocycles. The highest BCUT2D eigenvalue weighted by Gasteiger charge is 2.28. The number of morpholine rings is 1. The van der Waals surface area contributed by atoms with Crippen LogP contribution in [0.15, 0.2) is 40.6 Å². The number of sulfonamides is 1. The van der Waals surface area contributed by atoms with E-state index in [1.54, 1.807) is 16.4 Å². The molecular formula is C22H29N3O4S2. The quantitative estimate of drug-likeness (QED) is 0.609. The molecule has 0 atom stereocenters. The van der Waals surface area contributed by atoms with Gasteiger partial charge in [-0.3, -0.25) is 9.69 Å². The van der Waals surface area contributed by atoms with Crippen LogP contribution in [0, 0.1) is 0 Å². The van der Waals surface area contributed by atoms with Crippen LogP contribution in [0.2, 0.25) is 0 Å². The Bertz CT molecular complexity index is 994. The number of nitrogens with zero attached hydrogens (tertiary/aromatic N) is 2. The Kier molecular flexibility index (Phi) is 7.39. The van der Waals surface area contributed by atoms with Gasteiger partial charge in [0.25, 0.3) is 15.9 Å². The minimum Gasteiger partial charge on any atom is -0.379 e. The molecule has 9 heteroatoms. The fourth-order valence-electron chi connectivity index (χ4n) is 3.91. The van der Waals surface area contributed by atoms with Crippen LogP contribution in [-0.4, -0.2) is 76.0 Å². The Morgan fingerprint density at radius 3 is 2.61 bits per heavy atom. The number of benzene rings is 1. The highest BCUT2D eigenvalue weighted by molar-refractivity contribution is 7.91. The molecule has 1 aromatic heterocycles. The number of nitrogens with one attached hydrogen (secondary N) is 1. The number of carbonyl (C=O) groups is 1. The highest BCUT2D eigenvalue weighted by Crippen LogP contribution is 2.33. The molecule has 0 spiro atoms. The van der Waals surface area contributed by atoms with Gasteiger partial charge in [0.2, 0.25) is 0 Å². The lowest BCUT2D eigenvalue weighted by atomic mass is 10.1. The largest absolute Gasteiger partial charge is 0.379 e. The van der Waals surface area contributed by atoms with Gasteiger partial charge in [-0.25, -0.2) is 8.42 Å². The van der Waals surface area contributed by atoms with Crippen molar-refractivity contribution in [1.82, 2.24) is 14.5 Å². The third kappa shape index (κ3) is 5.53. The summed E-state index contributed by atoms with van der Waals surface area (Å²) in [7, 11) is -3.42. The Morgan fingerprint density at radius 1 is 1.06 bits per heavy atom. The average molecular weight is 464 g/mol. The molecule has 31 heavy (non-hydrogen) atoms. The van der Waals surface area contributed by atoms with Crippen molar-refractivity contribution in [3.8, 4) is 10.4 Å². The molecule has 0 bridgehead atoms. The Balaban J connectivity index is 1.35. The summed E-state index contributed by atoms with van der Waals surface area (Å²) in [6, 6.07) is 10.9. The standard InChI is InChI=1S/C22H29N3O4S2/c26-22(23-9-4-10-24-13-15-29-16-14-24)19-6-3-5-18(17-19)20-7-8-21(30-20)31(27,28)25-11-1-2-12-25/h3,5-8,17H,1-2,4,9-16H2,(H,23,26). The van der Waals surface area contributed by atoms with E-state index in [1.165, 1.54) is 11.3 Å². The van der Waals surface area contributed by atoms with Gasteiger partial charge in [-0.1, -0.05) is 12.1 Å². The van der Waals surface area contributed by atoms with E-state index in [1.807, 2.05) is 24.3 Å². The van der Waals surface area contributed by atoms with Crippen molar-refractivity contribution in [3.05, 3.63) is 42.0 Å². The lowest BCUT2D eigenvalue weighted by molar-refractivity contribution is 0.0374. The predicted molar refractivity (Wildman–Crippen MR) is 122 cm³/mol. The fraction of sp³-hybridized carbons (Fsp3) is 0.500. The van der Waals surface area contributed by atoms with E-state index in [0.29, 0.717) is 29.4 Å². The summed E-state index contributed by atoms with van der Waals surface area (Å²) >= 11 is 1.26. The number of amides is 1. The smallest absolute Gasteiger partial charge is 0.252 e. The second kappa shape index (κ2) is 10.2. The van der Waals surface area contributed by atoms with Crippen LogP contribution in [0.4, 0.5) is 0 Å². The van der Waals surface area contributed by atoms with Crippen molar-refractivity contribution >= 4 is 27.3 Å². The third-order valence-corrected chi connectivity index (χ3v) is 9.19. The zero-order valence-corrected chi connectivity index (χ0v) is 19.2. The number of thiophene rings is 1. The van der Waals surface area contributed by atoms with E-state index in [4.69, 9.17) is 4.74 Å². The molecule has 1 N–H and O–H groups in total. The average Bonchev–Trinajstić information content (AvgIpc) is 3.51. The summed E-state index contributed by atoms with van der Waals surface area (Å²) in [5, 5.41) is 2.99. The molecule has 2 fully saturated rings. The summed E-state index contributed by atoms with van der Waals surface area (Å²) in [5.41, 5.74) is 1.44.